The highest BCUT2D eigenvalue weighted by Crippen LogP contribution is 2.20. The standard InChI is InChI=1S/C9H8ClN3O2S/c1-13-8(7-5-3-2-4-6-7)11-12-9(13)16(10,14)15/h2-6H,1H3. The van der Waals surface area contributed by atoms with Gasteiger partial charge < -0.3 is 0 Å². The second-order valence-corrected chi connectivity index (χ2v) is 5.63. The maximum Gasteiger partial charge on any atom is 0.296 e. The van der Waals surface area contributed by atoms with Gasteiger partial charge in [0.2, 0.25) is 0 Å². The van der Waals surface area contributed by atoms with Gasteiger partial charge in [0.05, 0.1) is 0 Å². The third-order valence-electron chi connectivity index (χ3n) is 2.08. The summed E-state index contributed by atoms with van der Waals surface area (Å²) in [6.45, 7) is 0. The molecule has 0 atom stereocenters. The van der Waals surface area contributed by atoms with Gasteiger partial charge >= 0.3 is 0 Å². The molecule has 0 unspecified atom stereocenters. The summed E-state index contributed by atoms with van der Waals surface area (Å²) >= 11 is 0. The first-order valence-corrected chi connectivity index (χ1v) is 6.70. The Morgan fingerprint density at radius 2 is 1.81 bits per heavy atom. The molecule has 0 aliphatic heterocycles. The monoisotopic (exact) mass is 257 g/mol. The molecule has 0 radical (unpaired) electrons. The fourth-order valence-electron chi connectivity index (χ4n) is 1.37. The zero-order chi connectivity index (χ0) is 11.8. The summed E-state index contributed by atoms with van der Waals surface area (Å²) in [5, 5.41) is 7.10. The largest absolute Gasteiger partial charge is 0.300 e. The molecule has 0 bridgehead atoms. The van der Waals surface area contributed by atoms with Crippen LogP contribution in [0.4, 0.5) is 0 Å². The lowest BCUT2D eigenvalue weighted by molar-refractivity contribution is 0.593. The lowest BCUT2D eigenvalue weighted by Gasteiger charge is -2.01. The van der Waals surface area contributed by atoms with E-state index in [9.17, 15) is 8.42 Å². The molecule has 0 amide bonds. The van der Waals surface area contributed by atoms with Crippen molar-refractivity contribution in [3.63, 3.8) is 0 Å². The molecule has 1 aromatic heterocycles. The predicted molar refractivity (Wildman–Crippen MR) is 59.5 cm³/mol. The van der Waals surface area contributed by atoms with Gasteiger partial charge in [0, 0.05) is 23.3 Å². The van der Waals surface area contributed by atoms with Crippen molar-refractivity contribution in [2.45, 2.75) is 5.16 Å². The lowest BCUT2D eigenvalue weighted by Crippen LogP contribution is -2.02. The van der Waals surface area contributed by atoms with E-state index < -0.39 is 9.05 Å². The third-order valence-corrected chi connectivity index (χ3v) is 3.29. The minimum Gasteiger partial charge on any atom is -0.300 e. The molecule has 2 aromatic rings. The molecule has 0 aliphatic rings. The first kappa shape index (κ1) is 11.1. The van der Waals surface area contributed by atoms with Crippen LogP contribution in [0.25, 0.3) is 11.4 Å². The molecule has 2 rings (SSSR count). The smallest absolute Gasteiger partial charge is 0.296 e. The maximum atomic E-state index is 11.1. The van der Waals surface area contributed by atoms with Crippen molar-refractivity contribution in [3.8, 4) is 11.4 Å². The van der Waals surface area contributed by atoms with Gasteiger partial charge in [-0.1, -0.05) is 30.3 Å². The van der Waals surface area contributed by atoms with E-state index in [0.29, 0.717) is 5.82 Å². The lowest BCUT2D eigenvalue weighted by atomic mass is 10.2. The average molecular weight is 258 g/mol. The van der Waals surface area contributed by atoms with Crippen LogP contribution < -0.4 is 0 Å². The summed E-state index contributed by atoms with van der Waals surface area (Å²) in [7, 11) is 2.91. The minimum atomic E-state index is -3.86. The zero-order valence-corrected chi connectivity index (χ0v) is 9.90. The molecule has 0 saturated carbocycles. The molecule has 84 valence electrons. The highest BCUT2D eigenvalue weighted by atomic mass is 35.7. The summed E-state index contributed by atoms with van der Waals surface area (Å²) in [5.74, 6) is 0.458. The summed E-state index contributed by atoms with van der Waals surface area (Å²) in [5.41, 5.74) is 0.782. The van der Waals surface area contributed by atoms with Crippen LogP contribution in [0, 0.1) is 0 Å². The van der Waals surface area contributed by atoms with Crippen LogP contribution >= 0.6 is 10.7 Å². The molecule has 7 heteroatoms. The van der Waals surface area contributed by atoms with Crippen LogP contribution in [0.5, 0.6) is 0 Å². The summed E-state index contributed by atoms with van der Waals surface area (Å²) in [4.78, 5) is 0. The van der Waals surface area contributed by atoms with E-state index in [-0.39, 0.29) is 5.16 Å². The predicted octanol–water partition coefficient (Wildman–Crippen LogP) is 1.41. The zero-order valence-electron chi connectivity index (χ0n) is 8.33. The van der Waals surface area contributed by atoms with Crippen molar-refractivity contribution in [1.82, 2.24) is 14.8 Å². The summed E-state index contributed by atoms with van der Waals surface area (Å²) in [6, 6.07) is 9.15. The van der Waals surface area contributed by atoms with E-state index in [0.717, 1.165) is 5.56 Å². The number of rotatable bonds is 2. The highest BCUT2D eigenvalue weighted by Gasteiger charge is 2.20. The SMILES string of the molecule is Cn1c(-c2ccccc2)nnc1S(=O)(=O)Cl. The van der Waals surface area contributed by atoms with Gasteiger partial charge in [-0.2, -0.15) is 0 Å². The minimum absolute atomic E-state index is 0.256. The van der Waals surface area contributed by atoms with Crippen molar-refractivity contribution in [2.24, 2.45) is 7.05 Å². The molecular formula is C9H8ClN3O2S. The Bertz CT molecular complexity index is 607. The highest BCUT2D eigenvalue weighted by molar-refractivity contribution is 8.13. The fourth-order valence-corrected chi connectivity index (χ4v) is 2.32. The maximum absolute atomic E-state index is 11.1. The Morgan fingerprint density at radius 3 is 2.31 bits per heavy atom. The first-order valence-electron chi connectivity index (χ1n) is 4.39. The first-order chi connectivity index (χ1) is 7.50. The summed E-state index contributed by atoms with van der Waals surface area (Å²) in [6.07, 6.45) is 0. The van der Waals surface area contributed by atoms with Gasteiger partial charge in [0.15, 0.2) is 5.82 Å². The molecule has 16 heavy (non-hydrogen) atoms. The molecule has 5 nitrogen and oxygen atoms in total. The van der Waals surface area contributed by atoms with Crippen LogP contribution in [-0.2, 0) is 16.1 Å². The molecule has 0 fully saturated rings. The van der Waals surface area contributed by atoms with Crippen LogP contribution in [0.15, 0.2) is 35.5 Å². The second-order valence-electron chi connectivity index (χ2n) is 3.17. The van der Waals surface area contributed by atoms with E-state index in [1.807, 2.05) is 30.3 Å². The number of hydrogen-bond acceptors (Lipinski definition) is 4. The second kappa shape index (κ2) is 3.88. The van der Waals surface area contributed by atoms with Crippen LogP contribution in [0.1, 0.15) is 0 Å². The number of aromatic nitrogens is 3. The van der Waals surface area contributed by atoms with Crippen molar-refractivity contribution < 1.29 is 8.42 Å². The molecule has 0 aliphatic carbocycles. The third kappa shape index (κ3) is 1.94. The van der Waals surface area contributed by atoms with Gasteiger partial charge in [0.25, 0.3) is 14.2 Å². The number of nitrogens with zero attached hydrogens (tertiary/aromatic N) is 3. The number of hydrogen-bond donors (Lipinski definition) is 0. The molecule has 0 saturated heterocycles. The Morgan fingerprint density at radius 1 is 1.19 bits per heavy atom. The van der Waals surface area contributed by atoms with E-state index in [1.165, 1.54) is 4.57 Å². The molecule has 1 heterocycles. The Kier molecular flexibility index (Phi) is 2.69. The van der Waals surface area contributed by atoms with E-state index in [1.54, 1.807) is 7.05 Å². The average Bonchev–Trinajstić information content (AvgIpc) is 2.61. The van der Waals surface area contributed by atoms with Gasteiger partial charge in [-0.15, -0.1) is 10.2 Å². The normalized spacial score (nSPS) is 11.6. The van der Waals surface area contributed by atoms with Gasteiger partial charge in [-0.3, -0.25) is 4.57 Å². The van der Waals surface area contributed by atoms with Crippen molar-refractivity contribution >= 4 is 19.7 Å². The van der Waals surface area contributed by atoms with E-state index in [2.05, 4.69) is 10.2 Å². The summed E-state index contributed by atoms with van der Waals surface area (Å²) < 4.78 is 23.6. The van der Waals surface area contributed by atoms with Crippen LogP contribution in [-0.4, -0.2) is 23.2 Å². The topological polar surface area (TPSA) is 64.8 Å². The van der Waals surface area contributed by atoms with Crippen molar-refractivity contribution in [2.75, 3.05) is 0 Å². The van der Waals surface area contributed by atoms with Gasteiger partial charge in [-0.05, 0) is 0 Å². The number of benzene rings is 1. The fraction of sp³-hybridized carbons (Fsp3) is 0.111. The Hall–Kier alpha value is -1.40. The Balaban J connectivity index is 2.59. The van der Waals surface area contributed by atoms with Gasteiger partial charge in [0.1, 0.15) is 0 Å². The van der Waals surface area contributed by atoms with E-state index in [4.69, 9.17) is 10.7 Å². The van der Waals surface area contributed by atoms with Crippen LogP contribution in [0.2, 0.25) is 0 Å². The van der Waals surface area contributed by atoms with Crippen molar-refractivity contribution in [1.29, 1.82) is 0 Å². The molecular weight excluding hydrogens is 250 g/mol. The van der Waals surface area contributed by atoms with E-state index >= 15 is 0 Å². The Labute approximate surface area is 97.1 Å². The van der Waals surface area contributed by atoms with Crippen LogP contribution in [0.3, 0.4) is 0 Å². The number of halogens is 1. The van der Waals surface area contributed by atoms with Gasteiger partial charge in [-0.25, -0.2) is 8.42 Å². The molecule has 0 N–H and O–H groups in total. The quantitative estimate of drug-likeness (QED) is 0.763. The van der Waals surface area contributed by atoms with Crippen molar-refractivity contribution in [3.05, 3.63) is 30.3 Å². The molecule has 1 aromatic carbocycles. The molecule has 0 spiro atoms.